The molecule has 0 bridgehead atoms. The molecule has 0 spiro atoms. The zero-order valence-corrected chi connectivity index (χ0v) is 15.2. The van der Waals surface area contributed by atoms with Crippen LogP contribution in [0.4, 0.5) is 17.5 Å². The van der Waals surface area contributed by atoms with E-state index in [0.717, 1.165) is 25.9 Å². The maximum Gasteiger partial charge on any atom is 0.253 e. The number of rotatable bonds is 5. The van der Waals surface area contributed by atoms with E-state index in [0.29, 0.717) is 40.1 Å². The smallest absolute Gasteiger partial charge is 0.253 e. The minimum absolute atomic E-state index is 0.00000476. The van der Waals surface area contributed by atoms with Gasteiger partial charge in [0.05, 0.1) is 16.9 Å². The Hall–Kier alpha value is -2.85. The lowest BCUT2D eigenvalue weighted by atomic mass is 10.2. The third-order valence-corrected chi connectivity index (χ3v) is 4.42. The summed E-state index contributed by atoms with van der Waals surface area (Å²) in [6.45, 7) is 4.15. The summed E-state index contributed by atoms with van der Waals surface area (Å²) < 4.78 is 0. The van der Waals surface area contributed by atoms with Gasteiger partial charge >= 0.3 is 0 Å². The summed E-state index contributed by atoms with van der Waals surface area (Å²) >= 11 is 6.33. The van der Waals surface area contributed by atoms with Gasteiger partial charge in [0.25, 0.3) is 5.91 Å². The highest BCUT2D eigenvalue weighted by Gasteiger charge is 2.20. The Kier molecular flexibility index (Phi) is 5.54. The number of nitrogens with one attached hydrogen (secondary N) is 2. The van der Waals surface area contributed by atoms with E-state index in [9.17, 15) is 4.79 Å². The summed E-state index contributed by atoms with van der Waals surface area (Å²) in [5.41, 5.74) is 1.53. The highest BCUT2D eigenvalue weighted by atomic mass is 35.5. The third-order valence-electron chi connectivity index (χ3n) is 4.11. The van der Waals surface area contributed by atoms with Gasteiger partial charge in [-0.1, -0.05) is 11.6 Å². The highest BCUT2D eigenvalue weighted by molar-refractivity contribution is 6.33. The lowest BCUT2D eigenvalue weighted by molar-refractivity contribution is 0.0793. The molecule has 1 saturated heterocycles. The number of carbonyl (C=O) groups excluding carboxylic acids is 1. The molecule has 7 nitrogen and oxygen atoms in total. The number of halogens is 1. The van der Waals surface area contributed by atoms with E-state index in [2.05, 4.69) is 20.6 Å². The molecule has 1 aromatic heterocycles. The fourth-order valence-corrected chi connectivity index (χ4v) is 3.03. The first-order valence-corrected chi connectivity index (χ1v) is 8.87. The second kappa shape index (κ2) is 8.02. The van der Waals surface area contributed by atoms with Gasteiger partial charge in [0, 0.05) is 25.2 Å². The molecule has 2 heterocycles. The van der Waals surface area contributed by atoms with Crippen molar-refractivity contribution in [3.8, 4) is 6.07 Å². The van der Waals surface area contributed by atoms with Crippen molar-refractivity contribution in [3.05, 3.63) is 40.5 Å². The Labute approximate surface area is 157 Å². The molecular formula is C18H19ClN6O. The number of amides is 1. The van der Waals surface area contributed by atoms with Gasteiger partial charge in [-0.3, -0.25) is 4.79 Å². The molecular weight excluding hydrogens is 352 g/mol. The maximum atomic E-state index is 12.4. The van der Waals surface area contributed by atoms with Gasteiger partial charge in [-0.05, 0) is 38.0 Å². The number of aromatic nitrogens is 2. The zero-order valence-electron chi connectivity index (χ0n) is 14.4. The first-order chi connectivity index (χ1) is 12.6. The number of hydrogen-bond donors (Lipinski definition) is 2. The van der Waals surface area contributed by atoms with Gasteiger partial charge in [0.2, 0.25) is 5.95 Å². The van der Waals surface area contributed by atoms with Crippen molar-refractivity contribution in [1.29, 1.82) is 5.26 Å². The SMILES string of the molecule is CCNc1nc(Nc2ccc(C(=O)N3CCCC3)cc2Cl)ncc1C#N. The summed E-state index contributed by atoms with van der Waals surface area (Å²) in [7, 11) is 0. The van der Waals surface area contributed by atoms with Gasteiger partial charge in [0.1, 0.15) is 17.5 Å². The monoisotopic (exact) mass is 370 g/mol. The second-order valence-corrected chi connectivity index (χ2v) is 6.32. The van der Waals surface area contributed by atoms with E-state index in [4.69, 9.17) is 16.9 Å². The van der Waals surface area contributed by atoms with Gasteiger partial charge in [0.15, 0.2) is 0 Å². The Morgan fingerprint density at radius 2 is 2.15 bits per heavy atom. The molecule has 2 N–H and O–H groups in total. The van der Waals surface area contributed by atoms with Gasteiger partial charge in [-0.2, -0.15) is 10.2 Å². The molecule has 1 aromatic carbocycles. The zero-order chi connectivity index (χ0) is 18.5. The Balaban J connectivity index is 1.79. The summed E-state index contributed by atoms with van der Waals surface area (Å²) in [5.74, 6) is 0.782. The minimum atomic E-state index is 0.00000476. The number of likely N-dealkylation sites (tertiary alicyclic amines) is 1. The molecule has 3 rings (SSSR count). The van der Waals surface area contributed by atoms with Crippen LogP contribution in [0.15, 0.2) is 24.4 Å². The molecule has 0 aliphatic carbocycles. The lowest BCUT2D eigenvalue weighted by Crippen LogP contribution is -2.27. The average molecular weight is 371 g/mol. The Morgan fingerprint density at radius 1 is 1.38 bits per heavy atom. The molecule has 2 aromatic rings. The summed E-state index contributed by atoms with van der Waals surface area (Å²) in [4.78, 5) is 22.7. The normalized spacial score (nSPS) is 13.3. The summed E-state index contributed by atoms with van der Waals surface area (Å²) in [5, 5.41) is 15.6. The number of carbonyl (C=O) groups is 1. The minimum Gasteiger partial charge on any atom is -0.369 e. The molecule has 134 valence electrons. The fraction of sp³-hybridized carbons (Fsp3) is 0.333. The molecule has 0 saturated carbocycles. The van der Waals surface area contributed by atoms with Crippen molar-refractivity contribution in [2.45, 2.75) is 19.8 Å². The second-order valence-electron chi connectivity index (χ2n) is 5.92. The first-order valence-electron chi connectivity index (χ1n) is 8.49. The van der Waals surface area contributed by atoms with Crippen LogP contribution in [0.2, 0.25) is 5.02 Å². The molecule has 0 radical (unpaired) electrons. The topological polar surface area (TPSA) is 93.9 Å². The van der Waals surface area contributed by atoms with E-state index >= 15 is 0 Å². The largest absolute Gasteiger partial charge is 0.369 e. The van der Waals surface area contributed by atoms with E-state index in [1.165, 1.54) is 6.20 Å². The first kappa shape index (κ1) is 18.0. The number of nitrogens with zero attached hydrogens (tertiary/aromatic N) is 4. The molecule has 1 amide bonds. The van der Waals surface area contributed by atoms with Crippen LogP contribution in [-0.2, 0) is 0 Å². The molecule has 1 fully saturated rings. The standard InChI is InChI=1S/C18H19ClN6O/c1-2-21-16-13(10-20)11-22-18(24-16)23-15-6-5-12(9-14(15)19)17(26)25-7-3-4-8-25/h5-6,9,11H,2-4,7-8H2,1H3,(H2,21,22,23,24). The van der Waals surface area contributed by atoms with Crippen LogP contribution in [0.25, 0.3) is 0 Å². The van der Waals surface area contributed by atoms with Crippen LogP contribution in [-0.4, -0.2) is 40.4 Å². The van der Waals surface area contributed by atoms with Crippen LogP contribution < -0.4 is 10.6 Å². The molecule has 0 atom stereocenters. The molecule has 26 heavy (non-hydrogen) atoms. The summed E-state index contributed by atoms with van der Waals surface area (Å²) in [6, 6.07) is 7.17. The third kappa shape index (κ3) is 3.86. The average Bonchev–Trinajstić information content (AvgIpc) is 3.18. The number of nitriles is 1. The highest BCUT2D eigenvalue weighted by Crippen LogP contribution is 2.27. The van der Waals surface area contributed by atoms with Crippen LogP contribution in [0.5, 0.6) is 0 Å². The lowest BCUT2D eigenvalue weighted by Gasteiger charge is -2.16. The van der Waals surface area contributed by atoms with E-state index < -0.39 is 0 Å². The summed E-state index contributed by atoms with van der Waals surface area (Å²) in [6.07, 6.45) is 3.54. The van der Waals surface area contributed by atoms with Gasteiger partial charge in [-0.15, -0.1) is 0 Å². The van der Waals surface area contributed by atoms with Crippen molar-refractivity contribution in [1.82, 2.24) is 14.9 Å². The Bertz CT molecular complexity index is 857. The quantitative estimate of drug-likeness (QED) is 0.837. The van der Waals surface area contributed by atoms with Gasteiger partial charge < -0.3 is 15.5 Å². The van der Waals surface area contributed by atoms with E-state index in [-0.39, 0.29) is 5.91 Å². The van der Waals surface area contributed by atoms with E-state index in [1.54, 1.807) is 18.2 Å². The molecule has 8 heteroatoms. The van der Waals surface area contributed by atoms with Crippen LogP contribution >= 0.6 is 11.6 Å². The number of anilines is 3. The van der Waals surface area contributed by atoms with Crippen molar-refractivity contribution in [3.63, 3.8) is 0 Å². The number of benzene rings is 1. The fourth-order valence-electron chi connectivity index (χ4n) is 2.80. The van der Waals surface area contributed by atoms with E-state index in [1.807, 2.05) is 17.9 Å². The van der Waals surface area contributed by atoms with Crippen molar-refractivity contribution >= 4 is 35.0 Å². The van der Waals surface area contributed by atoms with Crippen LogP contribution in [0.1, 0.15) is 35.7 Å². The predicted molar refractivity (Wildman–Crippen MR) is 101 cm³/mol. The molecule has 1 aliphatic heterocycles. The van der Waals surface area contributed by atoms with Crippen molar-refractivity contribution in [2.24, 2.45) is 0 Å². The van der Waals surface area contributed by atoms with Gasteiger partial charge in [-0.25, -0.2) is 4.98 Å². The van der Waals surface area contributed by atoms with Crippen LogP contribution in [0, 0.1) is 11.3 Å². The van der Waals surface area contributed by atoms with Crippen molar-refractivity contribution < 1.29 is 4.79 Å². The Morgan fingerprint density at radius 3 is 2.81 bits per heavy atom. The predicted octanol–water partition coefficient (Wildman–Crippen LogP) is 3.41. The van der Waals surface area contributed by atoms with Crippen LogP contribution in [0.3, 0.4) is 0 Å². The molecule has 0 unspecified atom stereocenters. The van der Waals surface area contributed by atoms with Crippen molar-refractivity contribution in [2.75, 3.05) is 30.3 Å². The molecule has 1 aliphatic rings. The number of hydrogen-bond acceptors (Lipinski definition) is 6. The maximum absolute atomic E-state index is 12.4.